The predicted molar refractivity (Wildman–Crippen MR) is 72.6 cm³/mol. The third-order valence-electron chi connectivity index (χ3n) is 2.62. The molecule has 0 saturated carbocycles. The van der Waals surface area contributed by atoms with Crippen LogP contribution in [0, 0.1) is 0 Å². The maximum Gasteiger partial charge on any atom is 0.0779 e. The van der Waals surface area contributed by atoms with Crippen molar-refractivity contribution in [2.75, 3.05) is 0 Å². The molecule has 0 unspecified atom stereocenters. The summed E-state index contributed by atoms with van der Waals surface area (Å²) in [6.45, 7) is 13.2. The molecule has 1 rings (SSSR count). The lowest BCUT2D eigenvalue weighted by molar-refractivity contribution is 1.53. The summed E-state index contributed by atoms with van der Waals surface area (Å²) in [5, 5.41) is 1.45. The summed E-state index contributed by atoms with van der Waals surface area (Å²) in [6, 6.07) is 10.6. The van der Waals surface area contributed by atoms with Gasteiger partial charge in [0, 0.05) is 0 Å². The van der Waals surface area contributed by atoms with Gasteiger partial charge in [0.25, 0.3) is 0 Å². The smallest absolute Gasteiger partial charge is 0.0779 e. The molecule has 80 valence electrons. The molecule has 0 radical (unpaired) electrons. The Morgan fingerprint density at radius 2 is 1.67 bits per heavy atom. The average Bonchev–Trinajstić information content (AvgIpc) is 2.18. The zero-order valence-electron chi connectivity index (χ0n) is 10.2. The third kappa shape index (κ3) is 2.93. The molecule has 0 saturated heterocycles. The van der Waals surface area contributed by atoms with Crippen LogP contribution in [0.25, 0.3) is 5.57 Å². The maximum atomic E-state index is 3.95. The van der Waals surface area contributed by atoms with E-state index in [0.29, 0.717) is 0 Å². The number of rotatable bonds is 3. The van der Waals surface area contributed by atoms with Crippen LogP contribution in [0.5, 0.6) is 0 Å². The van der Waals surface area contributed by atoms with Gasteiger partial charge in [-0.25, -0.2) is 0 Å². The maximum absolute atomic E-state index is 3.95. The van der Waals surface area contributed by atoms with Crippen LogP contribution in [0.15, 0.2) is 48.2 Å². The van der Waals surface area contributed by atoms with E-state index >= 15 is 0 Å². The van der Waals surface area contributed by atoms with E-state index in [2.05, 4.69) is 63.5 Å². The Labute approximate surface area is 94.4 Å². The molecule has 1 aromatic rings. The van der Waals surface area contributed by atoms with Crippen molar-refractivity contribution in [1.82, 2.24) is 0 Å². The second-order valence-corrected chi connectivity index (χ2v) is 9.90. The number of benzene rings is 1. The Balaban J connectivity index is 3.25. The zero-order chi connectivity index (χ0) is 11.5. The van der Waals surface area contributed by atoms with Crippen LogP contribution in [0.2, 0.25) is 19.6 Å². The molecule has 0 atom stereocenters. The highest BCUT2D eigenvalue weighted by Gasteiger charge is 2.19. The van der Waals surface area contributed by atoms with Gasteiger partial charge >= 0.3 is 0 Å². The Hall–Kier alpha value is -1.08. The average molecular weight is 216 g/mol. The van der Waals surface area contributed by atoms with E-state index in [1.807, 2.05) is 6.08 Å². The van der Waals surface area contributed by atoms with Crippen LogP contribution >= 0.6 is 0 Å². The molecule has 0 nitrogen and oxygen atoms in total. The molecule has 1 aromatic carbocycles. The molecule has 0 heterocycles. The van der Waals surface area contributed by atoms with Gasteiger partial charge < -0.3 is 0 Å². The van der Waals surface area contributed by atoms with Crippen molar-refractivity contribution in [3.8, 4) is 0 Å². The van der Waals surface area contributed by atoms with Crippen LogP contribution in [0.1, 0.15) is 12.5 Å². The van der Waals surface area contributed by atoms with Gasteiger partial charge in [0.2, 0.25) is 0 Å². The number of hydrogen-bond acceptors (Lipinski definition) is 0. The van der Waals surface area contributed by atoms with Crippen molar-refractivity contribution in [3.05, 3.63) is 53.7 Å². The normalized spacial score (nSPS) is 13.3. The molecule has 0 amide bonds. The Morgan fingerprint density at radius 3 is 2.07 bits per heavy atom. The van der Waals surface area contributed by atoms with Gasteiger partial charge in [-0.3, -0.25) is 0 Å². The summed E-state index contributed by atoms with van der Waals surface area (Å²) in [6.07, 6.45) is 2.04. The lowest BCUT2D eigenvalue weighted by Crippen LogP contribution is -2.23. The van der Waals surface area contributed by atoms with E-state index in [-0.39, 0.29) is 0 Å². The van der Waals surface area contributed by atoms with E-state index in [4.69, 9.17) is 0 Å². The molecule has 0 N–H and O–H groups in total. The number of hydrogen-bond donors (Lipinski definition) is 0. The molecule has 0 aromatic heterocycles. The highest BCUT2D eigenvalue weighted by atomic mass is 28.3. The Morgan fingerprint density at radius 1 is 1.13 bits per heavy atom. The van der Waals surface area contributed by atoms with Gasteiger partial charge in [-0.1, -0.05) is 67.8 Å². The van der Waals surface area contributed by atoms with Crippen LogP contribution in [0.4, 0.5) is 0 Å². The van der Waals surface area contributed by atoms with Crippen LogP contribution in [-0.4, -0.2) is 8.07 Å². The summed E-state index contributed by atoms with van der Waals surface area (Å²) in [5.74, 6) is 0. The van der Waals surface area contributed by atoms with E-state index < -0.39 is 8.07 Å². The minimum Gasteiger partial charge on any atom is -0.0992 e. The van der Waals surface area contributed by atoms with Crippen molar-refractivity contribution in [3.63, 3.8) is 0 Å². The molecule has 0 aliphatic rings. The monoisotopic (exact) mass is 216 g/mol. The standard InChI is InChI=1S/C14H20Si/c1-6-14(15(3,4)5)12(2)13-10-8-7-9-11-13/h6-11H,1H2,2-5H3/b14-12-. The van der Waals surface area contributed by atoms with Gasteiger partial charge in [-0.2, -0.15) is 0 Å². The first-order chi connectivity index (χ1) is 6.96. The van der Waals surface area contributed by atoms with Gasteiger partial charge in [-0.05, 0) is 18.1 Å². The SMILES string of the molecule is C=C/C(=C(\C)c1ccccc1)[Si](C)(C)C. The molecule has 0 fully saturated rings. The highest BCUT2D eigenvalue weighted by Crippen LogP contribution is 2.25. The quantitative estimate of drug-likeness (QED) is 0.514. The topological polar surface area (TPSA) is 0 Å². The summed E-state index contributed by atoms with van der Waals surface area (Å²) in [7, 11) is -1.27. The summed E-state index contributed by atoms with van der Waals surface area (Å²) in [5.41, 5.74) is 2.69. The van der Waals surface area contributed by atoms with E-state index in [1.165, 1.54) is 16.3 Å². The van der Waals surface area contributed by atoms with Crippen molar-refractivity contribution in [2.24, 2.45) is 0 Å². The molecule has 1 heteroatoms. The molecule has 0 aliphatic heterocycles. The molecule has 0 spiro atoms. The molecule has 15 heavy (non-hydrogen) atoms. The first-order valence-electron chi connectivity index (χ1n) is 5.36. The summed E-state index contributed by atoms with van der Waals surface area (Å²) in [4.78, 5) is 0. The van der Waals surface area contributed by atoms with E-state index in [0.717, 1.165) is 0 Å². The Bertz CT molecular complexity index is 366. The van der Waals surface area contributed by atoms with Crippen molar-refractivity contribution < 1.29 is 0 Å². The van der Waals surface area contributed by atoms with Crippen molar-refractivity contribution in [1.29, 1.82) is 0 Å². The lowest BCUT2D eigenvalue weighted by atomic mass is 10.1. The first kappa shape index (κ1) is 12.0. The van der Waals surface area contributed by atoms with Gasteiger partial charge in [0.05, 0.1) is 8.07 Å². The fourth-order valence-corrected chi connectivity index (χ4v) is 3.75. The minimum atomic E-state index is -1.27. The van der Waals surface area contributed by atoms with Crippen molar-refractivity contribution >= 4 is 13.6 Å². The second-order valence-electron chi connectivity index (χ2n) is 4.86. The molecular weight excluding hydrogens is 196 g/mol. The second kappa shape index (κ2) is 4.62. The minimum absolute atomic E-state index is 1.27. The fraction of sp³-hybridized carbons (Fsp3) is 0.286. The van der Waals surface area contributed by atoms with Crippen LogP contribution < -0.4 is 0 Å². The zero-order valence-corrected chi connectivity index (χ0v) is 11.2. The van der Waals surface area contributed by atoms with Gasteiger partial charge in [0.1, 0.15) is 0 Å². The highest BCUT2D eigenvalue weighted by molar-refractivity contribution is 6.84. The van der Waals surface area contributed by atoms with Gasteiger partial charge in [0.15, 0.2) is 0 Å². The predicted octanol–water partition coefficient (Wildman–Crippen LogP) is 4.52. The fourth-order valence-electron chi connectivity index (χ4n) is 1.87. The van der Waals surface area contributed by atoms with E-state index in [1.54, 1.807) is 0 Å². The summed E-state index contributed by atoms with van der Waals surface area (Å²) >= 11 is 0. The third-order valence-corrected chi connectivity index (χ3v) is 4.82. The molecule has 0 aliphatic carbocycles. The summed E-state index contributed by atoms with van der Waals surface area (Å²) < 4.78 is 0. The Kier molecular flexibility index (Phi) is 3.70. The largest absolute Gasteiger partial charge is 0.0992 e. The van der Waals surface area contributed by atoms with Crippen LogP contribution in [0.3, 0.4) is 0 Å². The van der Waals surface area contributed by atoms with Crippen molar-refractivity contribution in [2.45, 2.75) is 26.6 Å². The van der Waals surface area contributed by atoms with E-state index in [9.17, 15) is 0 Å². The molecule has 0 bridgehead atoms. The molecular formula is C14H20Si. The first-order valence-corrected chi connectivity index (χ1v) is 8.86. The lowest BCUT2D eigenvalue weighted by Gasteiger charge is -2.21. The number of allylic oxidation sites excluding steroid dienone is 3. The van der Waals surface area contributed by atoms with Crippen LogP contribution in [-0.2, 0) is 0 Å². The van der Waals surface area contributed by atoms with Gasteiger partial charge in [-0.15, -0.1) is 0 Å².